The minimum absolute atomic E-state index is 0.143. The molecule has 14 heavy (non-hydrogen) atoms. The molecule has 1 aromatic rings. The van der Waals surface area contributed by atoms with Gasteiger partial charge in [0, 0.05) is 12.6 Å². The maximum absolute atomic E-state index is 5.87. The van der Waals surface area contributed by atoms with Gasteiger partial charge < -0.3 is 11.1 Å². The summed E-state index contributed by atoms with van der Waals surface area (Å²) in [6, 6.07) is 8.83. The lowest BCUT2D eigenvalue weighted by atomic mass is 9.95. The summed E-state index contributed by atoms with van der Waals surface area (Å²) in [5.41, 5.74) is 8.55. The van der Waals surface area contributed by atoms with Crippen LogP contribution in [0.5, 0.6) is 0 Å². The SMILES string of the molecule is CC(N)c1cccc(C2CCNC2)c1. The van der Waals surface area contributed by atoms with Crippen molar-refractivity contribution in [3.05, 3.63) is 35.4 Å². The van der Waals surface area contributed by atoms with Crippen LogP contribution in [0.15, 0.2) is 24.3 Å². The largest absolute Gasteiger partial charge is 0.324 e. The summed E-state index contributed by atoms with van der Waals surface area (Å²) in [6.45, 7) is 4.29. The molecule has 1 heterocycles. The average molecular weight is 190 g/mol. The van der Waals surface area contributed by atoms with E-state index in [9.17, 15) is 0 Å². The zero-order valence-electron chi connectivity index (χ0n) is 8.66. The van der Waals surface area contributed by atoms with Crippen LogP contribution in [0.2, 0.25) is 0 Å². The first-order valence-corrected chi connectivity index (χ1v) is 5.33. The number of rotatable bonds is 2. The van der Waals surface area contributed by atoms with Crippen LogP contribution in [0.1, 0.15) is 36.4 Å². The van der Waals surface area contributed by atoms with Gasteiger partial charge in [-0.05, 0) is 36.9 Å². The molecule has 0 spiro atoms. The topological polar surface area (TPSA) is 38.0 Å². The van der Waals surface area contributed by atoms with Gasteiger partial charge in [0.2, 0.25) is 0 Å². The van der Waals surface area contributed by atoms with Gasteiger partial charge in [-0.15, -0.1) is 0 Å². The van der Waals surface area contributed by atoms with Gasteiger partial charge in [0.05, 0.1) is 0 Å². The standard InChI is InChI=1S/C12H18N2/c1-9(13)10-3-2-4-11(7-10)12-5-6-14-8-12/h2-4,7,9,12,14H,5-6,8,13H2,1H3. The third-order valence-electron chi connectivity index (χ3n) is 2.97. The van der Waals surface area contributed by atoms with Crippen molar-refractivity contribution in [3.8, 4) is 0 Å². The van der Waals surface area contributed by atoms with Crippen molar-refractivity contribution in [2.45, 2.75) is 25.3 Å². The van der Waals surface area contributed by atoms with E-state index in [2.05, 4.69) is 29.6 Å². The van der Waals surface area contributed by atoms with Crippen molar-refractivity contribution in [3.63, 3.8) is 0 Å². The maximum Gasteiger partial charge on any atom is 0.0266 e. The van der Waals surface area contributed by atoms with Gasteiger partial charge in [-0.2, -0.15) is 0 Å². The summed E-state index contributed by atoms with van der Waals surface area (Å²) in [4.78, 5) is 0. The number of hydrogen-bond donors (Lipinski definition) is 2. The fourth-order valence-corrected chi connectivity index (χ4v) is 2.04. The minimum atomic E-state index is 0.143. The molecule has 0 amide bonds. The number of nitrogens with one attached hydrogen (secondary N) is 1. The van der Waals surface area contributed by atoms with Crippen molar-refractivity contribution < 1.29 is 0 Å². The molecule has 3 N–H and O–H groups in total. The Hall–Kier alpha value is -0.860. The van der Waals surface area contributed by atoms with E-state index in [1.165, 1.54) is 17.5 Å². The van der Waals surface area contributed by atoms with Crippen molar-refractivity contribution in [2.75, 3.05) is 13.1 Å². The second-order valence-corrected chi connectivity index (χ2v) is 4.15. The van der Waals surface area contributed by atoms with E-state index in [4.69, 9.17) is 5.73 Å². The van der Waals surface area contributed by atoms with Crippen LogP contribution in [-0.4, -0.2) is 13.1 Å². The van der Waals surface area contributed by atoms with Crippen molar-refractivity contribution in [1.29, 1.82) is 0 Å². The molecule has 2 unspecified atom stereocenters. The smallest absolute Gasteiger partial charge is 0.0266 e. The highest BCUT2D eigenvalue weighted by atomic mass is 14.9. The lowest BCUT2D eigenvalue weighted by molar-refractivity contribution is 0.753. The van der Waals surface area contributed by atoms with Crippen LogP contribution >= 0.6 is 0 Å². The monoisotopic (exact) mass is 190 g/mol. The number of hydrogen-bond acceptors (Lipinski definition) is 2. The molecule has 1 aliphatic rings. The first-order chi connectivity index (χ1) is 6.77. The highest BCUT2D eigenvalue weighted by Crippen LogP contribution is 2.24. The number of nitrogens with two attached hydrogens (primary N) is 1. The molecule has 2 nitrogen and oxygen atoms in total. The molecule has 0 radical (unpaired) electrons. The van der Waals surface area contributed by atoms with E-state index in [1.807, 2.05) is 6.92 Å². The molecular formula is C12H18N2. The van der Waals surface area contributed by atoms with Crippen molar-refractivity contribution in [1.82, 2.24) is 5.32 Å². The van der Waals surface area contributed by atoms with Crippen LogP contribution in [0.3, 0.4) is 0 Å². The molecule has 0 saturated carbocycles. The highest BCUT2D eigenvalue weighted by Gasteiger charge is 2.16. The van der Waals surface area contributed by atoms with Crippen molar-refractivity contribution in [2.24, 2.45) is 5.73 Å². The quantitative estimate of drug-likeness (QED) is 0.746. The third-order valence-corrected chi connectivity index (χ3v) is 2.97. The van der Waals surface area contributed by atoms with E-state index in [1.54, 1.807) is 0 Å². The molecule has 76 valence electrons. The first-order valence-electron chi connectivity index (χ1n) is 5.33. The molecule has 0 bridgehead atoms. The fourth-order valence-electron chi connectivity index (χ4n) is 2.04. The third kappa shape index (κ3) is 1.97. The predicted molar refractivity (Wildman–Crippen MR) is 59.3 cm³/mol. The lowest BCUT2D eigenvalue weighted by Gasteiger charge is -2.12. The van der Waals surface area contributed by atoms with Crippen LogP contribution in [0, 0.1) is 0 Å². The molecule has 2 heteroatoms. The lowest BCUT2D eigenvalue weighted by Crippen LogP contribution is -2.09. The second kappa shape index (κ2) is 4.11. The van der Waals surface area contributed by atoms with E-state index < -0.39 is 0 Å². The average Bonchev–Trinajstić information content (AvgIpc) is 2.71. The molecule has 0 aliphatic carbocycles. The Labute approximate surface area is 85.5 Å². The number of benzene rings is 1. The molecule has 1 aromatic carbocycles. The summed E-state index contributed by atoms with van der Waals surface area (Å²) in [5, 5.41) is 3.39. The molecule has 2 rings (SSSR count). The van der Waals surface area contributed by atoms with E-state index in [-0.39, 0.29) is 6.04 Å². The Morgan fingerprint density at radius 3 is 3.00 bits per heavy atom. The summed E-state index contributed by atoms with van der Waals surface area (Å²) in [5.74, 6) is 0.689. The normalized spacial score (nSPS) is 23.7. The van der Waals surface area contributed by atoms with Crippen molar-refractivity contribution >= 4 is 0 Å². The van der Waals surface area contributed by atoms with E-state index >= 15 is 0 Å². The van der Waals surface area contributed by atoms with E-state index in [0.717, 1.165) is 13.1 Å². The Kier molecular flexibility index (Phi) is 2.85. The van der Waals surface area contributed by atoms with Gasteiger partial charge in [-0.1, -0.05) is 24.3 Å². The van der Waals surface area contributed by atoms with Crippen LogP contribution in [0.25, 0.3) is 0 Å². The fraction of sp³-hybridized carbons (Fsp3) is 0.500. The molecular weight excluding hydrogens is 172 g/mol. The molecule has 1 fully saturated rings. The van der Waals surface area contributed by atoms with E-state index in [0.29, 0.717) is 5.92 Å². The Morgan fingerprint density at radius 1 is 1.50 bits per heavy atom. The Morgan fingerprint density at radius 2 is 2.36 bits per heavy atom. The van der Waals surface area contributed by atoms with Gasteiger partial charge in [0.25, 0.3) is 0 Å². The van der Waals surface area contributed by atoms with Gasteiger partial charge in [-0.25, -0.2) is 0 Å². The van der Waals surface area contributed by atoms with Crippen LogP contribution in [0.4, 0.5) is 0 Å². The summed E-state index contributed by atoms with van der Waals surface area (Å²) >= 11 is 0. The van der Waals surface area contributed by atoms with Crippen LogP contribution in [-0.2, 0) is 0 Å². The predicted octanol–water partition coefficient (Wildman–Crippen LogP) is 1.78. The van der Waals surface area contributed by atoms with Gasteiger partial charge in [-0.3, -0.25) is 0 Å². The summed E-state index contributed by atoms with van der Waals surface area (Å²) in [7, 11) is 0. The molecule has 2 atom stereocenters. The first kappa shape index (κ1) is 9.69. The summed E-state index contributed by atoms with van der Waals surface area (Å²) in [6.07, 6.45) is 1.25. The molecule has 1 saturated heterocycles. The molecule has 0 aromatic heterocycles. The Balaban J connectivity index is 2.21. The highest BCUT2D eigenvalue weighted by molar-refractivity contribution is 5.29. The van der Waals surface area contributed by atoms with Crippen LogP contribution < -0.4 is 11.1 Å². The molecule has 1 aliphatic heterocycles. The van der Waals surface area contributed by atoms with Gasteiger partial charge in [0.15, 0.2) is 0 Å². The minimum Gasteiger partial charge on any atom is -0.324 e. The Bertz CT molecular complexity index is 301. The van der Waals surface area contributed by atoms with Gasteiger partial charge in [0.1, 0.15) is 0 Å². The second-order valence-electron chi connectivity index (χ2n) is 4.15. The zero-order chi connectivity index (χ0) is 9.97. The maximum atomic E-state index is 5.87. The van der Waals surface area contributed by atoms with Gasteiger partial charge >= 0.3 is 0 Å². The zero-order valence-corrected chi connectivity index (χ0v) is 8.66. The summed E-state index contributed by atoms with van der Waals surface area (Å²) < 4.78 is 0.